The fraction of sp³-hybridized carbons (Fsp3) is 0.160. The van der Waals surface area contributed by atoms with Crippen molar-refractivity contribution in [2.45, 2.75) is 19.5 Å². The average molecular weight is 444 g/mol. The molecular formula is C25H22BrN3. The smallest absolute Gasteiger partial charge is 0.134 e. The Morgan fingerprint density at radius 1 is 0.897 bits per heavy atom. The van der Waals surface area contributed by atoms with Crippen LogP contribution in [-0.2, 0) is 19.5 Å². The monoisotopic (exact) mass is 443 g/mol. The standard InChI is InChI=1S/C25H22BrN3/c26-20-11-12-23-22(15-20)24(27-16-18-7-3-1-4-8-18)21-13-14-29(25(21)28-23)17-19-9-5-2-6-10-19/h1-12,15H,13-14,16-17H2,(H,27,28). The first kappa shape index (κ1) is 18.2. The summed E-state index contributed by atoms with van der Waals surface area (Å²) in [7, 11) is 0. The molecule has 0 saturated heterocycles. The molecule has 0 radical (unpaired) electrons. The number of nitrogens with one attached hydrogen (secondary N) is 1. The minimum Gasteiger partial charge on any atom is -0.380 e. The van der Waals surface area contributed by atoms with Crippen molar-refractivity contribution in [3.8, 4) is 0 Å². The van der Waals surface area contributed by atoms with E-state index in [-0.39, 0.29) is 0 Å². The van der Waals surface area contributed by atoms with Crippen LogP contribution in [0.25, 0.3) is 10.9 Å². The van der Waals surface area contributed by atoms with Crippen LogP contribution < -0.4 is 10.2 Å². The van der Waals surface area contributed by atoms with E-state index in [2.05, 4.69) is 105 Å². The average Bonchev–Trinajstić information content (AvgIpc) is 3.15. The van der Waals surface area contributed by atoms with Gasteiger partial charge in [-0.15, -0.1) is 0 Å². The van der Waals surface area contributed by atoms with E-state index in [1.165, 1.54) is 27.8 Å². The van der Waals surface area contributed by atoms with E-state index >= 15 is 0 Å². The van der Waals surface area contributed by atoms with Crippen molar-refractivity contribution in [3.63, 3.8) is 0 Å². The molecule has 3 aromatic carbocycles. The van der Waals surface area contributed by atoms with Gasteiger partial charge in [0.25, 0.3) is 0 Å². The first-order valence-corrected chi connectivity index (χ1v) is 10.8. The molecule has 0 aliphatic carbocycles. The molecule has 4 heteroatoms. The molecule has 1 N–H and O–H groups in total. The SMILES string of the molecule is Brc1ccc2nc3c(c(NCc4ccccc4)c2c1)CCN3Cc1ccccc1. The van der Waals surface area contributed by atoms with Crippen LogP contribution in [-0.4, -0.2) is 11.5 Å². The predicted molar refractivity (Wildman–Crippen MR) is 124 cm³/mol. The molecule has 144 valence electrons. The molecule has 0 unspecified atom stereocenters. The molecular weight excluding hydrogens is 422 g/mol. The van der Waals surface area contributed by atoms with E-state index in [0.29, 0.717) is 0 Å². The van der Waals surface area contributed by atoms with Crippen LogP contribution in [0.1, 0.15) is 16.7 Å². The lowest BCUT2D eigenvalue weighted by Gasteiger charge is -2.20. The number of fused-ring (bicyclic) bond motifs is 2. The molecule has 29 heavy (non-hydrogen) atoms. The highest BCUT2D eigenvalue weighted by atomic mass is 79.9. The third kappa shape index (κ3) is 3.73. The van der Waals surface area contributed by atoms with E-state index in [0.717, 1.165) is 41.9 Å². The second-order valence-electron chi connectivity index (χ2n) is 7.45. The Morgan fingerprint density at radius 2 is 1.62 bits per heavy atom. The number of halogens is 1. The zero-order valence-electron chi connectivity index (χ0n) is 16.1. The number of nitrogens with zero attached hydrogens (tertiary/aromatic N) is 2. The third-order valence-electron chi connectivity index (χ3n) is 5.49. The number of pyridine rings is 1. The Morgan fingerprint density at radius 3 is 2.38 bits per heavy atom. The normalized spacial score (nSPS) is 12.9. The van der Waals surface area contributed by atoms with E-state index in [1.807, 2.05) is 0 Å². The molecule has 0 atom stereocenters. The topological polar surface area (TPSA) is 28.2 Å². The van der Waals surface area contributed by atoms with Crippen LogP contribution in [0.4, 0.5) is 11.5 Å². The number of rotatable bonds is 5. The highest BCUT2D eigenvalue weighted by molar-refractivity contribution is 9.10. The lowest BCUT2D eigenvalue weighted by Crippen LogP contribution is -2.20. The van der Waals surface area contributed by atoms with E-state index in [4.69, 9.17) is 4.98 Å². The summed E-state index contributed by atoms with van der Waals surface area (Å²) in [5.41, 5.74) is 6.16. The van der Waals surface area contributed by atoms with Gasteiger partial charge in [0.1, 0.15) is 5.82 Å². The summed E-state index contributed by atoms with van der Waals surface area (Å²) in [6, 6.07) is 27.5. The van der Waals surface area contributed by atoms with Crippen molar-refractivity contribution in [2.75, 3.05) is 16.8 Å². The van der Waals surface area contributed by atoms with Gasteiger partial charge in [-0.1, -0.05) is 76.6 Å². The van der Waals surface area contributed by atoms with Gasteiger partial charge in [0.2, 0.25) is 0 Å². The summed E-state index contributed by atoms with van der Waals surface area (Å²) in [4.78, 5) is 7.46. The maximum atomic E-state index is 5.06. The molecule has 1 aliphatic heterocycles. The predicted octanol–water partition coefficient (Wildman–Crippen LogP) is 6.17. The molecule has 1 aliphatic rings. The van der Waals surface area contributed by atoms with Crippen LogP contribution in [0.15, 0.2) is 83.3 Å². The van der Waals surface area contributed by atoms with Crippen molar-refractivity contribution >= 4 is 38.3 Å². The molecule has 1 aromatic heterocycles. The summed E-state index contributed by atoms with van der Waals surface area (Å²) in [5, 5.41) is 4.90. The van der Waals surface area contributed by atoms with Gasteiger partial charge < -0.3 is 10.2 Å². The summed E-state index contributed by atoms with van der Waals surface area (Å²) in [5.74, 6) is 1.11. The van der Waals surface area contributed by atoms with Crippen LogP contribution in [0.3, 0.4) is 0 Å². The van der Waals surface area contributed by atoms with Gasteiger partial charge in [0, 0.05) is 35.1 Å². The Bertz CT molecular complexity index is 1140. The van der Waals surface area contributed by atoms with Gasteiger partial charge in [-0.25, -0.2) is 4.98 Å². The summed E-state index contributed by atoms with van der Waals surface area (Å²) >= 11 is 3.63. The number of hydrogen-bond acceptors (Lipinski definition) is 3. The van der Waals surface area contributed by atoms with Crippen molar-refractivity contribution in [1.82, 2.24) is 4.98 Å². The summed E-state index contributed by atoms with van der Waals surface area (Å²) in [6.07, 6.45) is 1.01. The second-order valence-corrected chi connectivity index (χ2v) is 8.36. The lowest BCUT2D eigenvalue weighted by atomic mass is 10.1. The Kier molecular flexibility index (Phi) is 4.94. The van der Waals surface area contributed by atoms with Gasteiger partial charge >= 0.3 is 0 Å². The van der Waals surface area contributed by atoms with Crippen molar-refractivity contribution in [1.29, 1.82) is 0 Å². The Balaban J connectivity index is 1.55. The number of hydrogen-bond donors (Lipinski definition) is 1. The van der Waals surface area contributed by atoms with E-state index < -0.39 is 0 Å². The number of aromatic nitrogens is 1. The van der Waals surface area contributed by atoms with E-state index in [1.54, 1.807) is 0 Å². The maximum Gasteiger partial charge on any atom is 0.134 e. The maximum absolute atomic E-state index is 5.06. The second kappa shape index (κ2) is 7.88. The number of anilines is 2. The van der Waals surface area contributed by atoms with Crippen LogP contribution in [0.5, 0.6) is 0 Å². The van der Waals surface area contributed by atoms with Crippen molar-refractivity contribution < 1.29 is 0 Å². The molecule has 2 heterocycles. The number of benzene rings is 3. The minimum absolute atomic E-state index is 0.803. The largest absolute Gasteiger partial charge is 0.380 e. The summed E-state index contributed by atoms with van der Waals surface area (Å²) < 4.78 is 1.08. The lowest BCUT2D eigenvalue weighted by molar-refractivity contribution is 0.827. The van der Waals surface area contributed by atoms with Crippen LogP contribution in [0.2, 0.25) is 0 Å². The van der Waals surface area contributed by atoms with Gasteiger partial charge in [-0.05, 0) is 35.7 Å². The molecule has 0 saturated carbocycles. The van der Waals surface area contributed by atoms with Crippen LogP contribution in [0, 0.1) is 0 Å². The van der Waals surface area contributed by atoms with Gasteiger partial charge in [0.15, 0.2) is 0 Å². The summed E-state index contributed by atoms with van der Waals surface area (Å²) in [6.45, 7) is 2.69. The highest BCUT2D eigenvalue weighted by Gasteiger charge is 2.25. The zero-order valence-corrected chi connectivity index (χ0v) is 17.7. The molecule has 5 rings (SSSR count). The molecule has 0 spiro atoms. The quantitative estimate of drug-likeness (QED) is 0.399. The van der Waals surface area contributed by atoms with Crippen molar-refractivity contribution in [3.05, 3.63) is 100 Å². The van der Waals surface area contributed by atoms with Crippen LogP contribution >= 0.6 is 15.9 Å². The Labute approximate surface area is 179 Å². The fourth-order valence-electron chi connectivity index (χ4n) is 4.06. The van der Waals surface area contributed by atoms with Gasteiger partial charge in [-0.2, -0.15) is 0 Å². The van der Waals surface area contributed by atoms with E-state index in [9.17, 15) is 0 Å². The Hall–Kier alpha value is -2.85. The first-order chi connectivity index (χ1) is 14.3. The first-order valence-electron chi connectivity index (χ1n) is 9.97. The fourth-order valence-corrected chi connectivity index (χ4v) is 4.42. The zero-order chi connectivity index (χ0) is 19.6. The van der Waals surface area contributed by atoms with Gasteiger partial charge in [0.05, 0.1) is 11.2 Å². The third-order valence-corrected chi connectivity index (χ3v) is 5.98. The molecule has 0 amide bonds. The van der Waals surface area contributed by atoms with Gasteiger partial charge in [-0.3, -0.25) is 0 Å². The minimum atomic E-state index is 0.803. The molecule has 0 fully saturated rings. The molecule has 4 aromatic rings. The molecule has 0 bridgehead atoms. The van der Waals surface area contributed by atoms with Crippen molar-refractivity contribution in [2.24, 2.45) is 0 Å². The highest BCUT2D eigenvalue weighted by Crippen LogP contribution is 2.39. The molecule has 3 nitrogen and oxygen atoms in total.